The number of thiazole rings is 1. The third kappa shape index (κ3) is 14.4. The van der Waals surface area contributed by atoms with Crippen LogP contribution in [0, 0.1) is 11.8 Å². The number of likely N-dealkylation sites (tertiary alicyclic amines) is 1. The molecule has 2 aliphatic rings. The second-order valence-electron chi connectivity index (χ2n) is 16.9. The Morgan fingerprint density at radius 3 is 2.45 bits per heavy atom. The maximum Gasteiger partial charge on any atom is 0.426 e. The molecule has 0 unspecified atom stereocenters. The van der Waals surface area contributed by atoms with Gasteiger partial charge in [0.2, 0.25) is 17.7 Å². The molecule has 7 atom stereocenters. The Morgan fingerprint density at radius 1 is 0.984 bits per heavy atom. The molecule has 1 aromatic heterocycles. The van der Waals surface area contributed by atoms with Gasteiger partial charge in [0.25, 0.3) is 5.91 Å². The van der Waals surface area contributed by atoms with Crippen molar-refractivity contribution in [2.75, 3.05) is 53.1 Å². The molecule has 17 heteroatoms. The van der Waals surface area contributed by atoms with E-state index in [9.17, 15) is 24.0 Å². The number of aromatic nitrogens is 1. The van der Waals surface area contributed by atoms with Crippen LogP contribution in [0.25, 0.3) is 0 Å². The zero-order valence-corrected chi connectivity index (χ0v) is 38.7. The first-order chi connectivity index (χ1) is 29.8. The molecule has 62 heavy (non-hydrogen) atoms. The number of fused-ring (bicyclic) bond motifs is 1. The maximum absolute atomic E-state index is 14.7. The fourth-order valence-corrected chi connectivity index (χ4v) is 9.13. The maximum atomic E-state index is 14.7. The Bertz CT molecular complexity index is 1740. The fraction of sp³-hybridized carbons (Fsp3) is 0.689. The van der Waals surface area contributed by atoms with E-state index in [-0.39, 0.29) is 60.5 Å². The number of nitrogens with zero attached hydrogens (tertiary/aromatic N) is 3. The third-order valence-corrected chi connectivity index (χ3v) is 12.8. The minimum absolute atomic E-state index is 0.000502. The van der Waals surface area contributed by atoms with Crippen molar-refractivity contribution < 1.29 is 38.2 Å². The third-order valence-electron chi connectivity index (χ3n) is 11.9. The van der Waals surface area contributed by atoms with E-state index in [0.29, 0.717) is 50.6 Å². The summed E-state index contributed by atoms with van der Waals surface area (Å²) in [6.07, 6.45) is 5.04. The molecular formula is C45H72N8O8S. The number of piperidine rings is 1. The van der Waals surface area contributed by atoms with Gasteiger partial charge < -0.3 is 35.5 Å². The molecule has 1 fully saturated rings. The van der Waals surface area contributed by atoms with Crippen LogP contribution in [0.15, 0.2) is 29.6 Å². The summed E-state index contributed by atoms with van der Waals surface area (Å²) >= 11 is 1.35. The molecule has 6 N–H and O–H groups in total. The molecule has 0 bridgehead atoms. The van der Waals surface area contributed by atoms with Gasteiger partial charge in [-0.2, -0.15) is 0 Å². The van der Waals surface area contributed by atoms with Crippen molar-refractivity contribution in [3.63, 3.8) is 0 Å². The van der Waals surface area contributed by atoms with Crippen LogP contribution < -0.4 is 27.2 Å². The lowest BCUT2D eigenvalue weighted by Crippen LogP contribution is -2.58. The lowest BCUT2D eigenvalue weighted by atomic mass is 9.79. The molecule has 1 aliphatic carbocycles. The molecule has 2 aromatic rings. The number of hydrazine groups is 1. The van der Waals surface area contributed by atoms with Crippen LogP contribution in [0.2, 0.25) is 0 Å². The number of amides is 5. The van der Waals surface area contributed by atoms with Gasteiger partial charge in [0.15, 0.2) is 0 Å². The number of carbonyl (C=O) groups excluding carboxylic acids is 5. The first-order valence-corrected chi connectivity index (χ1v) is 23.5. The van der Waals surface area contributed by atoms with E-state index < -0.39 is 36.1 Å². The topological polar surface area (TPSA) is 207 Å². The molecule has 0 spiro atoms. The highest BCUT2D eigenvalue weighted by molar-refractivity contribution is 7.09. The van der Waals surface area contributed by atoms with Gasteiger partial charge in [-0.1, -0.05) is 78.6 Å². The number of carbonyl (C=O) groups is 5. The second kappa shape index (κ2) is 25.8. The summed E-state index contributed by atoms with van der Waals surface area (Å²) in [4.78, 5) is 76.7. The van der Waals surface area contributed by atoms with Gasteiger partial charge in [0, 0.05) is 43.6 Å². The molecule has 1 aliphatic heterocycles. The average Bonchev–Trinajstić information content (AvgIpc) is 3.77. The summed E-state index contributed by atoms with van der Waals surface area (Å²) in [6, 6.07) is 6.01. The van der Waals surface area contributed by atoms with E-state index in [0.717, 1.165) is 56.2 Å². The highest BCUT2D eigenvalue weighted by Crippen LogP contribution is 2.34. The van der Waals surface area contributed by atoms with Gasteiger partial charge in [-0.05, 0) is 75.1 Å². The van der Waals surface area contributed by atoms with Gasteiger partial charge >= 0.3 is 6.09 Å². The Balaban J connectivity index is 1.48. The van der Waals surface area contributed by atoms with E-state index in [2.05, 4.69) is 47.2 Å². The van der Waals surface area contributed by atoms with Crippen LogP contribution in [-0.2, 0) is 35.0 Å². The van der Waals surface area contributed by atoms with Gasteiger partial charge in [0.1, 0.15) is 29.5 Å². The SMILES string of the molecule is CCCO[C@H](C[C@H](C(C)C)N(CCC)C(=O)[C@@H](NC(=O)[C@H]1CCCCN1C)[C@@H](C)CC)c1nc(C(=O)N[C@H]2Cc3ccccc3[C@H](C(=O)NNC(=O)OCCOCCN)C2)cs1. The zero-order valence-electron chi connectivity index (χ0n) is 37.9. The summed E-state index contributed by atoms with van der Waals surface area (Å²) in [5.41, 5.74) is 12.1. The molecule has 0 saturated carbocycles. The van der Waals surface area contributed by atoms with Crippen molar-refractivity contribution in [1.82, 2.24) is 36.3 Å². The molecular weight excluding hydrogens is 813 g/mol. The van der Waals surface area contributed by atoms with E-state index in [4.69, 9.17) is 24.9 Å². The lowest BCUT2D eigenvalue weighted by molar-refractivity contribution is -0.143. The predicted molar refractivity (Wildman–Crippen MR) is 239 cm³/mol. The normalized spacial score (nSPS) is 19.7. The van der Waals surface area contributed by atoms with E-state index in [1.807, 2.05) is 57.0 Å². The Kier molecular flexibility index (Phi) is 21.0. The van der Waals surface area contributed by atoms with Crippen LogP contribution in [-0.4, -0.2) is 122 Å². The number of rotatable bonds is 23. The smallest absolute Gasteiger partial charge is 0.426 e. The number of hydrogen-bond acceptors (Lipinski definition) is 12. The number of likely N-dealkylation sites (N-methyl/N-ethyl adjacent to an activating group) is 1. The Morgan fingerprint density at radius 2 is 1.76 bits per heavy atom. The predicted octanol–water partition coefficient (Wildman–Crippen LogP) is 4.84. The standard InChI is InChI=1S/C45H72N8O8S/c1-8-19-53(44(57)39(30(6)10-3)49-42(56)36-17-13-14-20-52(36)7)37(29(4)5)27-38(60-21-9-2)43-48-35(28-62-43)41(55)47-32-25-31-15-11-12-16-33(31)34(26-32)40(54)50-51-45(58)61-24-23-59-22-18-46/h11-12,15-16,28-30,32,34,36-39H,8-10,13-14,17-27,46H2,1-7H3,(H,47,55)(H,49,56)(H,50,54)(H,51,58)/t30-,32-,34+,36+,37+,38+,39-/m0/s1. The molecule has 2 heterocycles. The van der Waals surface area contributed by atoms with Gasteiger partial charge in [-0.25, -0.2) is 15.2 Å². The Hall–Kier alpha value is -4.16. The molecule has 1 saturated heterocycles. The Labute approximate surface area is 372 Å². The number of benzene rings is 1. The van der Waals surface area contributed by atoms with Crippen LogP contribution in [0.1, 0.15) is 132 Å². The van der Waals surface area contributed by atoms with Gasteiger partial charge in [-0.3, -0.25) is 29.5 Å². The van der Waals surface area contributed by atoms with Crippen molar-refractivity contribution >= 4 is 41.1 Å². The first-order valence-electron chi connectivity index (χ1n) is 22.6. The summed E-state index contributed by atoms with van der Waals surface area (Å²) < 4.78 is 16.7. The summed E-state index contributed by atoms with van der Waals surface area (Å²) in [5.74, 6) is -1.65. The number of nitrogens with one attached hydrogen (secondary N) is 4. The quantitative estimate of drug-likeness (QED) is 0.0754. The van der Waals surface area contributed by atoms with Crippen molar-refractivity contribution in [3.05, 3.63) is 51.5 Å². The highest BCUT2D eigenvalue weighted by Gasteiger charge is 2.39. The zero-order chi connectivity index (χ0) is 45.2. The summed E-state index contributed by atoms with van der Waals surface area (Å²) in [5, 5.41) is 8.66. The minimum atomic E-state index is -0.824. The van der Waals surface area contributed by atoms with Crippen LogP contribution in [0.5, 0.6) is 0 Å². The van der Waals surface area contributed by atoms with Crippen molar-refractivity contribution in [2.24, 2.45) is 17.6 Å². The second-order valence-corrected chi connectivity index (χ2v) is 17.8. The fourth-order valence-electron chi connectivity index (χ4n) is 8.27. The molecule has 0 radical (unpaired) electrons. The summed E-state index contributed by atoms with van der Waals surface area (Å²) in [6.45, 7) is 15.1. The van der Waals surface area contributed by atoms with E-state index in [1.54, 1.807) is 5.38 Å². The van der Waals surface area contributed by atoms with E-state index >= 15 is 0 Å². The van der Waals surface area contributed by atoms with Crippen LogP contribution >= 0.6 is 11.3 Å². The molecule has 346 valence electrons. The van der Waals surface area contributed by atoms with Gasteiger partial charge in [-0.15, -0.1) is 11.3 Å². The first kappa shape index (κ1) is 50.5. The van der Waals surface area contributed by atoms with E-state index in [1.165, 1.54) is 11.3 Å². The molecule has 16 nitrogen and oxygen atoms in total. The highest BCUT2D eigenvalue weighted by atomic mass is 32.1. The van der Waals surface area contributed by atoms with Crippen molar-refractivity contribution in [1.29, 1.82) is 0 Å². The molecule has 4 rings (SSSR count). The molecule has 1 aromatic carbocycles. The largest absolute Gasteiger partial charge is 0.446 e. The van der Waals surface area contributed by atoms with Crippen molar-refractivity contribution in [2.45, 2.75) is 136 Å². The van der Waals surface area contributed by atoms with Crippen molar-refractivity contribution in [3.8, 4) is 0 Å². The lowest BCUT2D eigenvalue weighted by Gasteiger charge is -2.40. The number of hydrogen-bond donors (Lipinski definition) is 5. The summed E-state index contributed by atoms with van der Waals surface area (Å²) in [7, 11) is 1.98. The number of nitrogens with two attached hydrogens (primary N) is 1. The number of ether oxygens (including phenoxy) is 3. The van der Waals surface area contributed by atoms with Crippen LogP contribution in [0.4, 0.5) is 4.79 Å². The van der Waals surface area contributed by atoms with Gasteiger partial charge in [0.05, 0.1) is 25.2 Å². The minimum Gasteiger partial charge on any atom is -0.446 e. The van der Waals surface area contributed by atoms with Crippen LogP contribution in [0.3, 0.4) is 0 Å². The monoisotopic (exact) mass is 885 g/mol. The average molecular weight is 885 g/mol. The molecule has 5 amide bonds.